The van der Waals surface area contributed by atoms with Gasteiger partial charge < -0.3 is 19.3 Å². The molecule has 0 amide bonds. The van der Waals surface area contributed by atoms with Crippen LogP contribution in [0, 0.1) is 13.8 Å². The molecule has 0 atom stereocenters. The van der Waals surface area contributed by atoms with Gasteiger partial charge >= 0.3 is 6.61 Å². The van der Waals surface area contributed by atoms with Crippen molar-refractivity contribution in [3.8, 4) is 22.9 Å². The molecule has 0 spiro atoms. The van der Waals surface area contributed by atoms with Gasteiger partial charge in [-0.25, -0.2) is 0 Å². The lowest BCUT2D eigenvalue weighted by molar-refractivity contribution is -0.0512. The predicted octanol–water partition coefficient (Wildman–Crippen LogP) is 4.58. The zero-order valence-electron chi connectivity index (χ0n) is 15.1. The minimum atomic E-state index is -2.93. The smallest absolute Gasteiger partial charge is 0.387 e. The molecule has 0 aliphatic carbocycles. The number of nitrogens with zero attached hydrogens (tertiary/aromatic N) is 2. The van der Waals surface area contributed by atoms with Crippen LogP contribution in [-0.4, -0.2) is 23.9 Å². The van der Waals surface area contributed by atoms with E-state index in [-0.39, 0.29) is 11.5 Å². The van der Waals surface area contributed by atoms with Crippen molar-refractivity contribution in [2.45, 2.75) is 27.0 Å². The van der Waals surface area contributed by atoms with E-state index >= 15 is 0 Å². The Balaban J connectivity index is 1.74. The van der Waals surface area contributed by atoms with Crippen LogP contribution < -0.4 is 14.8 Å². The summed E-state index contributed by atoms with van der Waals surface area (Å²) in [6, 6.07) is 10.6. The summed E-state index contributed by atoms with van der Waals surface area (Å²) in [6.45, 7) is 1.46. The van der Waals surface area contributed by atoms with Gasteiger partial charge in [-0.1, -0.05) is 17.3 Å². The topological polar surface area (TPSA) is 69.4 Å². The molecule has 142 valence electrons. The van der Waals surface area contributed by atoms with Crippen LogP contribution in [0.4, 0.5) is 14.5 Å². The summed E-state index contributed by atoms with van der Waals surface area (Å²) in [5.74, 6) is 0.830. The summed E-state index contributed by atoms with van der Waals surface area (Å²) < 4.78 is 39.6. The van der Waals surface area contributed by atoms with Gasteiger partial charge in [-0.15, -0.1) is 0 Å². The lowest BCUT2D eigenvalue weighted by Crippen LogP contribution is -2.03. The second-order valence-corrected chi connectivity index (χ2v) is 5.93. The highest BCUT2D eigenvalue weighted by Crippen LogP contribution is 2.32. The van der Waals surface area contributed by atoms with Gasteiger partial charge in [0.15, 0.2) is 11.5 Å². The highest BCUT2D eigenvalue weighted by Gasteiger charge is 2.15. The number of methoxy groups -OCH3 is 1. The third kappa shape index (κ3) is 4.52. The highest BCUT2D eigenvalue weighted by atomic mass is 19.3. The predicted molar refractivity (Wildman–Crippen MR) is 96.2 cm³/mol. The minimum Gasteiger partial charge on any atom is -0.493 e. The zero-order valence-corrected chi connectivity index (χ0v) is 15.1. The molecular weight excluding hydrogens is 356 g/mol. The van der Waals surface area contributed by atoms with Crippen molar-refractivity contribution in [3.63, 3.8) is 0 Å². The Morgan fingerprint density at radius 1 is 1.11 bits per heavy atom. The number of aromatic nitrogens is 2. The fourth-order valence-electron chi connectivity index (χ4n) is 2.54. The summed E-state index contributed by atoms with van der Waals surface area (Å²) in [5, 5.41) is 7.20. The van der Waals surface area contributed by atoms with E-state index in [0.29, 0.717) is 23.8 Å². The Kier molecular flexibility index (Phi) is 5.54. The molecule has 27 heavy (non-hydrogen) atoms. The third-order valence-electron chi connectivity index (χ3n) is 3.93. The summed E-state index contributed by atoms with van der Waals surface area (Å²) in [5.41, 5.74) is 3.81. The summed E-state index contributed by atoms with van der Waals surface area (Å²) in [7, 11) is 1.37. The van der Waals surface area contributed by atoms with Crippen molar-refractivity contribution in [1.29, 1.82) is 0 Å². The first-order valence-electron chi connectivity index (χ1n) is 8.23. The minimum absolute atomic E-state index is 0.0587. The number of aryl methyl sites for hydroxylation is 2. The molecule has 1 aromatic heterocycles. The van der Waals surface area contributed by atoms with Gasteiger partial charge in [0, 0.05) is 11.3 Å². The molecule has 0 radical (unpaired) electrons. The first kappa shape index (κ1) is 18.6. The maximum Gasteiger partial charge on any atom is 0.387 e. The van der Waals surface area contributed by atoms with Gasteiger partial charge in [-0.3, -0.25) is 0 Å². The van der Waals surface area contributed by atoms with E-state index in [1.165, 1.54) is 19.2 Å². The van der Waals surface area contributed by atoms with E-state index in [0.717, 1.165) is 16.8 Å². The number of halogens is 2. The number of rotatable bonds is 7. The lowest BCUT2D eigenvalue weighted by Gasteiger charge is -2.10. The SMILES string of the molecule is COc1cc(-c2noc(CNc3cc(C)ccc3C)n2)ccc1OC(F)F. The quantitative estimate of drug-likeness (QED) is 0.652. The summed E-state index contributed by atoms with van der Waals surface area (Å²) >= 11 is 0. The Labute approximate surface area is 155 Å². The molecule has 0 fully saturated rings. The van der Waals surface area contributed by atoms with Crippen molar-refractivity contribution >= 4 is 5.69 Å². The molecule has 0 aliphatic heterocycles. The average molecular weight is 375 g/mol. The summed E-state index contributed by atoms with van der Waals surface area (Å²) in [6.07, 6.45) is 0. The fraction of sp³-hybridized carbons (Fsp3) is 0.263. The Hall–Kier alpha value is -3.16. The molecule has 0 bridgehead atoms. The van der Waals surface area contributed by atoms with Crippen molar-refractivity contribution in [2.24, 2.45) is 0 Å². The van der Waals surface area contributed by atoms with Crippen molar-refractivity contribution in [3.05, 3.63) is 53.4 Å². The van der Waals surface area contributed by atoms with Gasteiger partial charge in [0.05, 0.1) is 13.7 Å². The van der Waals surface area contributed by atoms with Crippen LogP contribution >= 0.6 is 0 Å². The first-order chi connectivity index (χ1) is 13.0. The molecule has 1 heterocycles. The highest BCUT2D eigenvalue weighted by molar-refractivity contribution is 5.60. The molecule has 0 saturated carbocycles. The molecule has 0 aliphatic rings. The second kappa shape index (κ2) is 8.03. The van der Waals surface area contributed by atoms with Gasteiger partial charge in [0.25, 0.3) is 0 Å². The number of benzene rings is 2. The van der Waals surface area contributed by atoms with Crippen LogP contribution in [0.5, 0.6) is 11.5 Å². The number of nitrogens with one attached hydrogen (secondary N) is 1. The molecule has 1 N–H and O–H groups in total. The fourth-order valence-corrected chi connectivity index (χ4v) is 2.54. The Morgan fingerprint density at radius 2 is 1.93 bits per heavy atom. The molecule has 0 unspecified atom stereocenters. The van der Waals surface area contributed by atoms with E-state index in [4.69, 9.17) is 9.26 Å². The van der Waals surface area contributed by atoms with E-state index in [1.807, 2.05) is 32.0 Å². The van der Waals surface area contributed by atoms with Crippen LogP contribution in [-0.2, 0) is 6.54 Å². The van der Waals surface area contributed by atoms with Crippen LogP contribution in [0.25, 0.3) is 11.4 Å². The van der Waals surface area contributed by atoms with E-state index in [1.54, 1.807) is 6.07 Å². The maximum atomic E-state index is 12.4. The zero-order chi connectivity index (χ0) is 19.4. The van der Waals surface area contributed by atoms with Crippen molar-refractivity contribution in [2.75, 3.05) is 12.4 Å². The largest absolute Gasteiger partial charge is 0.493 e. The normalized spacial score (nSPS) is 10.9. The molecule has 0 saturated heterocycles. The van der Waals surface area contributed by atoms with Crippen LogP contribution in [0.15, 0.2) is 40.9 Å². The molecule has 3 aromatic rings. The monoisotopic (exact) mass is 375 g/mol. The Morgan fingerprint density at radius 3 is 2.67 bits per heavy atom. The molecule has 8 heteroatoms. The van der Waals surface area contributed by atoms with Crippen molar-refractivity contribution in [1.82, 2.24) is 10.1 Å². The second-order valence-electron chi connectivity index (χ2n) is 5.93. The molecule has 6 nitrogen and oxygen atoms in total. The van der Waals surface area contributed by atoms with E-state index in [2.05, 4.69) is 20.2 Å². The molecule has 3 rings (SSSR count). The number of hydrogen-bond donors (Lipinski definition) is 1. The van der Waals surface area contributed by atoms with Crippen LogP contribution in [0.3, 0.4) is 0 Å². The first-order valence-corrected chi connectivity index (χ1v) is 8.23. The molecule has 2 aromatic carbocycles. The Bertz CT molecular complexity index is 928. The average Bonchev–Trinajstić information content (AvgIpc) is 3.11. The maximum absolute atomic E-state index is 12.4. The lowest BCUT2D eigenvalue weighted by atomic mass is 10.1. The van der Waals surface area contributed by atoms with Gasteiger partial charge in [-0.05, 0) is 49.2 Å². The summed E-state index contributed by atoms with van der Waals surface area (Å²) in [4.78, 5) is 4.33. The van der Waals surface area contributed by atoms with E-state index < -0.39 is 6.61 Å². The number of alkyl halides is 2. The van der Waals surface area contributed by atoms with E-state index in [9.17, 15) is 8.78 Å². The van der Waals surface area contributed by atoms with Crippen molar-refractivity contribution < 1.29 is 22.8 Å². The number of ether oxygens (including phenoxy) is 2. The van der Waals surface area contributed by atoms with Gasteiger partial charge in [-0.2, -0.15) is 13.8 Å². The van der Waals surface area contributed by atoms with Crippen LogP contribution in [0.1, 0.15) is 17.0 Å². The number of anilines is 1. The number of hydrogen-bond acceptors (Lipinski definition) is 6. The standard InChI is InChI=1S/C19H19F2N3O3/c1-11-4-5-12(2)14(8-11)22-10-17-23-18(24-27-17)13-6-7-15(26-19(20)21)16(9-13)25-3/h4-9,19,22H,10H2,1-3H3. The van der Waals surface area contributed by atoms with Crippen LogP contribution in [0.2, 0.25) is 0 Å². The molecular formula is C19H19F2N3O3. The third-order valence-corrected chi connectivity index (χ3v) is 3.93. The van der Waals surface area contributed by atoms with Gasteiger partial charge in [0.1, 0.15) is 0 Å². The van der Waals surface area contributed by atoms with Gasteiger partial charge in [0.2, 0.25) is 11.7 Å².